The Morgan fingerprint density at radius 2 is 1.67 bits per heavy atom. The highest BCUT2D eigenvalue weighted by Crippen LogP contribution is 2.27. The summed E-state index contributed by atoms with van der Waals surface area (Å²) in [4.78, 5) is 14.5. The smallest absolute Gasteiger partial charge is 0.155 e. The molecular weight excluding hydrogens is 186 g/mol. The predicted molar refractivity (Wildman–Crippen MR) is 66.1 cm³/mol. The first kappa shape index (κ1) is 14.6. The number of Topliss-reactive ketones (excluding diaryl/α,β-unsaturated/α-hetero) is 1. The van der Waals surface area contributed by atoms with E-state index in [1.54, 1.807) is 0 Å². The van der Waals surface area contributed by atoms with Gasteiger partial charge in [0.05, 0.1) is 5.54 Å². The third-order valence-corrected chi connectivity index (χ3v) is 3.65. The topological polar surface area (TPSA) is 20.3 Å². The van der Waals surface area contributed by atoms with E-state index in [-0.39, 0.29) is 11.5 Å². The maximum Gasteiger partial charge on any atom is 0.155 e. The number of hydrogen-bond acceptors (Lipinski definition) is 2. The van der Waals surface area contributed by atoms with Crippen molar-refractivity contribution in [1.82, 2.24) is 4.90 Å². The van der Waals surface area contributed by atoms with Crippen LogP contribution >= 0.6 is 0 Å². The highest BCUT2D eigenvalue weighted by atomic mass is 16.1. The van der Waals surface area contributed by atoms with E-state index in [4.69, 9.17) is 0 Å². The summed E-state index contributed by atoms with van der Waals surface area (Å²) in [5, 5.41) is 0. The van der Waals surface area contributed by atoms with Crippen molar-refractivity contribution in [2.45, 2.75) is 58.9 Å². The molecule has 0 saturated heterocycles. The zero-order chi connectivity index (χ0) is 12.1. The van der Waals surface area contributed by atoms with Crippen LogP contribution < -0.4 is 0 Å². The van der Waals surface area contributed by atoms with Crippen molar-refractivity contribution in [3.63, 3.8) is 0 Å². The van der Waals surface area contributed by atoms with Gasteiger partial charge in [0.25, 0.3) is 0 Å². The van der Waals surface area contributed by atoms with Gasteiger partial charge in [-0.2, -0.15) is 0 Å². The van der Waals surface area contributed by atoms with Crippen molar-refractivity contribution in [2.75, 3.05) is 14.1 Å². The van der Waals surface area contributed by atoms with Crippen LogP contribution in [-0.4, -0.2) is 30.3 Å². The summed E-state index contributed by atoms with van der Waals surface area (Å²) in [6.45, 7) is 8.43. The molecule has 0 N–H and O–H groups in total. The quantitative estimate of drug-likeness (QED) is 0.647. The van der Waals surface area contributed by atoms with Gasteiger partial charge >= 0.3 is 0 Å². The van der Waals surface area contributed by atoms with E-state index in [1.807, 2.05) is 14.1 Å². The molecule has 0 fully saturated rings. The maximum absolute atomic E-state index is 12.4. The van der Waals surface area contributed by atoms with Crippen LogP contribution in [0.15, 0.2) is 0 Å². The third-order valence-electron chi connectivity index (χ3n) is 3.65. The van der Waals surface area contributed by atoms with Crippen molar-refractivity contribution in [2.24, 2.45) is 5.92 Å². The number of ketones is 1. The second kappa shape index (κ2) is 6.26. The molecule has 1 unspecified atom stereocenters. The first-order valence-corrected chi connectivity index (χ1v) is 6.17. The largest absolute Gasteiger partial charge is 0.297 e. The molecule has 0 heterocycles. The van der Waals surface area contributed by atoms with Gasteiger partial charge < -0.3 is 0 Å². The summed E-state index contributed by atoms with van der Waals surface area (Å²) in [5.74, 6) is 0.608. The molecule has 1 atom stereocenters. The second-order valence-electron chi connectivity index (χ2n) is 4.69. The number of carbonyl (C=O) groups is 1. The highest BCUT2D eigenvalue weighted by Gasteiger charge is 2.38. The van der Waals surface area contributed by atoms with Crippen molar-refractivity contribution >= 4 is 5.78 Å². The van der Waals surface area contributed by atoms with E-state index >= 15 is 0 Å². The van der Waals surface area contributed by atoms with Crippen LogP contribution in [0.3, 0.4) is 0 Å². The first-order chi connectivity index (χ1) is 6.96. The third kappa shape index (κ3) is 3.04. The van der Waals surface area contributed by atoms with Crippen molar-refractivity contribution < 1.29 is 4.79 Å². The molecule has 0 radical (unpaired) electrons. The van der Waals surface area contributed by atoms with Gasteiger partial charge in [0, 0.05) is 5.92 Å². The van der Waals surface area contributed by atoms with E-state index in [0.29, 0.717) is 5.78 Å². The Morgan fingerprint density at radius 3 is 1.93 bits per heavy atom. The van der Waals surface area contributed by atoms with Gasteiger partial charge in [-0.1, -0.05) is 34.1 Å². The average molecular weight is 213 g/mol. The number of hydrogen-bond donors (Lipinski definition) is 0. The molecule has 0 aromatic heterocycles. The standard InChI is InChI=1S/C13H27NO/c1-7-10-11(4)12(15)13(8-2,9-3)14(5)6/h11H,7-10H2,1-6H3. The van der Waals surface area contributed by atoms with Gasteiger partial charge in [0.15, 0.2) is 5.78 Å². The summed E-state index contributed by atoms with van der Waals surface area (Å²) in [6.07, 6.45) is 3.91. The predicted octanol–water partition coefficient (Wildman–Crippen LogP) is 3.11. The van der Waals surface area contributed by atoms with E-state index < -0.39 is 0 Å². The first-order valence-electron chi connectivity index (χ1n) is 6.17. The lowest BCUT2D eigenvalue weighted by Gasteiger charge is -2.39. The van der Waals surface area contributed by atoms with Crippen LogP contribution in [0.2, 0.25) is 0 Å². The monoisotopic (exact) mass is 213 g/mol. The molecule has 0 aliphatic heterocycles. The lowest BCUT2D eigenvalue weighted by Crippen LogP contribution is -2.52. The lowest BCUT2D eigenvalue weighted by molar-refractivity contribution is -0.134. The number of likely N-dealkylation sites (N-methyl/N-ethyl adjacent to an activating group) is 1. The summed E-state index contributed by atoms with van der Waals surface area (Å²) in [7, 11) is 4.03. The van der Waals surface area contributed by atoms with E-state index in [2.05, 4.69) is 32.6 Å². The molecule has 0 aromatic rings. The SMILES string of the molecule is CCCC(C)C(=O)C(CC)(CC)N(C)C. The minimum atomic E-state index is -0.241. The Kier molecular flexibility index (Phi) is 6.11. The maximum atomic E-state index is 12.4. The van der Waals surface area contributed by atoms with Gasteiger partial charge in [-0.15, -0.1) is 0 Å². The molecule has 15 heavy (non-hydrogen) atoms. The molecule has 0 aliphatic carbocycles. The molecule has 0 amide bonds. The number of rotatable bonds is 7. The summed E-state index contributed by atoms with van der Waals surface area (Å²) in [6, 6.07) is 0. The van der Waals surface area contributed by atoms with Gasteiger partial charge in [0.1, 0.15) is 0 Å². The van der Waals surface area contributed by atoms with E-state index in [1.165, 1.54) is 0 Å². The molecule has 0 spiro atoms. The fraction of sp³-hybridized carbons (Fsp3) is 0.923. The van der Waals surface area contributed by atoms with Crippen molar-refractivity contribution in [3.05, 3.63) is 0 Å². The van der Waals surface area contributed by atoms with Crippen LogP contribution in [0.1, 0.15) is 53.4 Å². The molecule has 0 saturated carbocycles. The molecule has 2 heteroatoms. The molecule has 0 aromatic carbocycles. The van der Waals surface area contributed by atoms with E-state index in [9.17, 15) is 4.79 Å². The Hall–Kier alpha value is -0.370. The number of nitrogens with zero attached hydrogens (tertiary/aromatic N) is 1. The summed E-state index contributed by atoms with van der Waals surface area (Å²) < 4.78 is 0. The molecular formula is C13H27NO. The molecule has 0 aliphatic rings. The van der Waals surface area contributed by atoms with Gasteiger partial charge in [-0.05, 0) is 33.4 Å². The van der Waals surface area contributed by atoms with Crippen LogP contribution in [-0.2, 0) is 4.79 Å². The van der Waals surface area contributed by atoms with Gasteiger partial charge in [0.2, 0.25) is 0 Å². The lowest BCUT2D eigenvalue weighted by atomic mass is 9.79. The zero-order valence-electron chi connectivity index (χ0n) is 11.3. The highest BCUT2D eigenvalue weighted by molar-refractivity contribution is 5.90. The zero-order valence-corrected chi connectivity index (χ0v) is 11.3. The molecule has 0 bridgehead atoms. The minimum absolute atomic E-state index is 0.192. The molecule has 90 valence electrons. The van der Waals surface area contributed by atoms with Crippen molar-refractivity contribution in [1.29, 1.82) is 0 Å². The molecule has 0 rings (SSSR count). The fourth-order valence-electron chi connectivity index (χ4n) is 2.47. The second-order valence-corrected chi connectivity index (χ2v) is 4.69. The number of carbonyl (C=O) groups excluding carboxylic acids is 1. The van der Waals surface area contributed by atoms with Crippen LogP contribution in [0, 0.1) is 5.92 Å². The Labute approximate surface area is 95.0 Å². The Morgan fingerprint density at radius 1 is 1.20 bits per heavy atom. The Balaban J connectivity index is 4.84. The van der Waals surface area contributed by atoms with Crippen molar-refractivity contribution in [3.8, 4) is 0 Å². The molecule has 2 nitrogen and oxygen atoms in total. The van der Waals surface area contributed by atoms with Crippen LogP contribution in [0.25, 0.3) is 0 Å². The normalized spacial score (nSPS) is 14.3. The summed E-state index contributed by atoms with van der Waals surface area (Å²) in [5.41, 5.74) is -0.241. The van der Waals surface area contributed by atoms with Gasteiger partial charge in [-0.25, -0.2) is 0 Å². The van der Waals surface area contributed by atoms with E-state index in [0.717, 1.165) is 25.7 Å². The van der Waals surface area contributed by atoms with Crippen LogP contribution in [0.5, 0.6) is 0 Å². The fourth-order valence-corrected chi connectivity index (χ4v) is 2.47. The summed E-state index contributed by atoms with van der Waals surface area (Å²) >= 11 is 0. The van der Waals surface area contributed by atoms with Gasteiger partial charge in [-0.3, -0.25) is 9.69 Å². The minimum Gasteiger partial charge on any atom is -0.297 e. The van der Waals surface area contributed by atoms with Crippen LogP contribution in [0.4, 0.5) is 0 Å². The Bertz CT molecular complexity index is 195. The average Bonchev–Trinajstić information content (AvgIpc) is 2.20.